The third-order valence-electron chi connectivity index (χ3n) is 14.7. The van der Waals surface area contributed by atoms with Gasteiger partial charge in [-0.05, 0) is 63.5 Å². The summed E-state index contributed by atoms with van der Waals surface area (Å²) in [5.74, 6) is 3.02. The van der Waals surface area contributed by atoms with Crippen LogP contribution in [0, 0.1) is 16.7 Å². The van der Waals surface area contributed by atoms with E-state index in [4.69, 9.17) is 19.1 Å². The second-order valence-corrected chi connectivity index (χ2v) is 19.0. The third-order valence-corrected chi connectivity index (χ3v) is 14.7. The number of amides is 2. The first kappa shape index (κ1) is 45.7. The lowest BCUT2D eigenvalue weighted by molar-refractivity contribution is -0.981. The highest BCUT2D eigenvalue weighted by atomic mass is 17.0. The summed E-state index contributed by atoms with van der Waals surface area (Å²) in [6.07, 6.45) is 18.2. The minimum Gasteiger partial charge on any atom is -0.495 e. The average molecular weight is 883 g/mol. The summed E-state index contributed by atoms with van der Waals surface area (Å²) in [6.45, 7) is 12.2. The Hall–Kier alpha value is -4.82. The fraction of sp³-hybridized carbons (Fsp3) is 0.640. The van der Waals surface area contributed by atoms with Crippen molar-refractivity contribution in [3.63, 3.8) is 0 Å². The molecule has 2 aromatic carbocycles. The molecule has 2 amide bonds. The number of carbonyl (C=O) groups is 2. The number of fused-ring (bicyclic) bond motifs is 2. The second kappa shape index (κ2) is 21.4. The highest BCUT2D eigenvalue weighted by Gasteiger charge is 2.32. The van der Waals surface area contributed by atoms with Gasteiger partial charge in [-0.25, -0.2) is 0 Å². The molecule has 64 heavy (non-hydrogen) atoms. The van der Waals surface area contributed by atoms with Gasteiger partial charge in [0, 0.05) is 114 Å². The van der Waals surface area contributed by atoms with Crippen LogP contribution in [-0.2, 0) is 22.8 Å². The number of para-hydroxylation sites is 2. The molecule has 4 heterocycles. The molecule has 4 aliphatic rings. The predicted octanol–water partition coefficient (Wildman–Crippen LogP) is 8.19. The van der Waals surface area contributed by atoms with Gasteiger partial charge in [-0.2, -0.15) is 9.68 Å². The van der Waals surface area contributed by atoms with Crippen LogP contribution in [0.3, 0.4) is 0 Å². The first-order chi connectivity index (χ1) is 31.2. The van der Waals surface area contributed by atoms with E-state index in [0.29, 0.717) is 50.9 Å². The van der Waals surface area contributed by atoms with Gasteiger partial charge in [0.05, 0.1) is 36.4 Å². The predicted molar refractivity (Wildman–Crippen MR) is 249 cm³/mol. The van der Waals surface area contributed by atoms with Crippen LogP contribution < -0.4 is 9.47 Å². The van der Waals surface area contributed by atoms with Crippen LogP contribution in [0.15, 0.2) is 48.8 Å². The van der Waals surface area contributed by atoms with Crippen LogP contribution in [-0.4, -0.2) is 138 Å². The molecule has 2 atom stereocenters. The molecule has 2 aliphatic carbocycles. The quantitative estimate of drug-likeness (QED) is 0.0722. The average Bonchev–Trinajstić information content (AvgIpc) is 3.88. The van der Waals surface area contributed by atoms with Gasteiger partial charge < -0.3 is 28.4 Å². The van der Waals surface area contributed by atoms with E-state index in [1.807, 2.05) is 34.1 Å². The number of carbonyl (C=O) groups excluding carboxylic acids is 2. The Morgan fingerprint density at radius 2 is 1.03 bits per heavy atom. The molecule has 8 rings (SSSR count). The van der Waals surface area contributed by atoms with Crippen molar-refractivity contribution in [2.45, 2.75) is 116 Å². The van der Waals surface area contributed by atoms with Crippen LogP contribution in [0.4, 0.5) is 0 Å². The Bertz CT molecular complexity index is 2060. The SMILES string of the molecule is COc1cccc2c(C(=O)N3CCN(CCCO[N+](=O)OCCCN4CCN(C(=O)c5cn(CC6CCCCC6)c6c(OC)cccc56)CC4C)C(C)C3)cn(CC3CCCCC3)c12. The van der Waals surface area contributed by atoms with Gasteiger partial charge in [-0.3, -0.25) is 19.4 Å². The Kier molecular flexibility index (Phi) is 15.3. The van der Waals surface area contributed by atoms with E-state index in [-0.39, 0.29) is 42.2 Å². The molecule has 0 bridgehead atoms. The Morgan fingerprint density at radius 1 is 0.609 bits per heavy atom. The number of ether oxygens (including phenoxy) is 2. The molecule has 2 aromatic heterocycles. The van der Waals surface area contributed by atoms with E-state index in [0.717, 1.165) is 83.7 Å². The maximum absolute atomic E-state index is 14.1. The fourth-order valence-corrected chi connectivity index (χ4v) is 11.1. The number of aromatic nitrogens is 2. The van der Waals surface area contributed by atoms with Crippen molar-refractivity contribution in [1.82, 2.24) is 28.7 Å². The molecule has 2 aliphatic heterocycles. The van der Waals surface area contributed by atoms with Crippen LogP contribution >= 0.6 is 0 Å². The lowest BCUT2D eigenvalue weighted by Crippen LogP contribution is -2.53. The summed E-state index contributed by atoms with van der Waals surface area (Å²) in [5, 5.41) is 2.17. The lowest BCUT2D eigenvalue weighted by atomic mass is 9.89. The smallest absolute Gasteiger partial charge is 0.477 e. The molecule has 14 heteroatoms. The zero-order valence-corrected chi connectivity index (χ0v) is 38.9. The molecule has 0 radical (unpaired) electrons. The maximum Gasteiger partial charge on any atom is 0.477 e. The molecule has 4 aromatic rings. The molecule has 0 spiro atoms. The normalized spacial score (nSPS) is 20.8. The van der Waals surface area contributed by atoms with E-state index < -0.39 is 0 Å². The summed E-state index contributed by atoms with van der Waals surface area (Å²) in [4.78, 5) is 60.0. The molecule has 14 nitrogen and oxygen atoms in total. The topological polar surface area (TPSA) is 114 Å². The molecular weight excluding hydrogens is 811 g/mol. The Labute approximate surface area is 379 Å². The van der Waals surface area contributed by atoms with E-state index >= 15 is 0 Å². The summed E-state index contributed by atoms with van der Waals surface area (Å²) >= 11 is 0. The molecule has 2 saturated heterocycles. The van der Waals surface area contributed by atoms with Crippen molar-refractivity contribution in [3.05, 3.63) is 64.8 Å². The van der Waals surface area contributed by atoms with E-state index in [1.165, 1.54) is 64.2 Å². The Balaban J connectivity index is 0.737. The summed E-state index contributed by atoms with van der Waals surface area (Å²) < 4.78 is 16.1. The van der Waals surface area contributed by atoms with Crippen LogP contribution in [0.25, 0.3) is 21.8 Å². The molecule has 2 unspecified atom stereocenters. The molecular formula is C50H72N7O7+. The third kappa shape index (κ3) is 10.5. The zero-order valence-electron chi connectivity index (χ0n) is 38.9. The van der Waals surface area contributed by atoms with Gasteiger partial charge in [0.1, 0.15) is 16.4 Å². The van der Waals surface area contributed by atoms with Crippen LogP contribution in [0.5, 0.6) is 11.5 Å². The monoisotopic (exact) mass is 883 g/mol. The summed E-state index contributed by atoms with van der Waals surface area (Å²) in [5.41, 5.74) is 3.53. The molecule has 2 saturated carbocycles. The van der Waals surface area contributed by atoms with Gasteiger partial charge in [-0.15, -0.1) is 0 Å². The number of rotatable bonds is 18. The van der Waals surface area contributed by atoms with Gasteiger partial charge >= 0.3 is 5.09 Å². The van der Waals surface area contributed by atoms with Crippen molar-refractivity contribution >= 4 is 33.6 Å². The standard InChI is InChI=1S/C50H72N7O7/c1-37-31-53(49(58)43-35-55(33-39-15-7-5-8-16-39)47-41(43)19-11-21-45(47)61-3)27-25-51(37)23-13-29-63-57(60)64-30-14-24-52-26-28-54(32-38(52)2)50(59)44-36-56(34-40-17-9-6-10-18-40)48-42(44)20-12-22-46(48)62-4/h11-12,19-22,35-40H,5-10,13-18,23-34H2,1-4H3/q+1. The van der Waals surface area contributed by atoms with Gasteiger partial charge in [-0.1, -0.05) is 62.8 Å². The van der Waals surface area contributed by atoms with Gasteiger partial charge in [0.15, 0.2) is 13.2 Å². The highest BCUT2D eigenvalue weighted by Crippen LogP contribution is 2.36. The van der Waals surface area contributed by atoms with Crippen LogP contribution in [0.2, 0.25) is 0 Å². The highest BCUT2D eigenvalue weighted by molar-refractivity contribution is 6.09. The number of nitrogens with zero attached hydrogens (tertiary/aromatic N) is 7. The summed E-state index contributed by atoms with van der Waals surface area (Å²) in [7, 11) is 3.41. The van der Waals surface area contributed by atoms with Crippen molar-refractivity contribution < 1.29 is 33.8 Å². The first-order valence-electron chi connectivity index (χ1n) is 24.3. The van der Waals surface area contributed by atoms with Crippen molar-refractivity contribution in [2.75, 3.05) is 79.8 Å². The minimum absolute atomic E-state index is 0.0722. The number of hydrogen-bond acceptors (Lipinski definition) is 9. The van der Waals surface area contributed by atoms with E-state index in [2.05, 4.69) is 57.3 Å². The van der Waals surface area contributed by atoms with Gasteiger partial charge in [0.25, 0.3) is 11.8 Å². The first-order valence-corrected chi connectivity index (χ1v) is 24.3. The van der Waals surface area contributed by atoms with Crippen LogP contribution in [0.1, 0.15) is 112 Å². The maximum atomic E-state index is 14.1. The number of hydrogen-bond donors (Lipinski definition) is 0. The molecule has 4 fully saturated rings. The Morgan fingerprint density at radius 3 is 1.42 bits per heavy atom. The van der Waals surface area contributed by atoms with Crippen molar-refractivity contribution in [3.8, 4) is 11.5 Å². The lowest BCUT2D eigenvalue weighted by Gasteiger charge is -2.39. The largest absolute Gasteiger partial charge is 0.495 e. The van der Waals surface area contributed by atoms with Gasteiger partial charge in [0.2, 0.25) is 0 Å². The van der Waals surface area contributed by atoms with Crippen molar-refractivity contribution in [1.29, 1.82) is 0 Å². The minimum atomic E-state index is 0.0722. The molecule has 348 valence electrons. The summed E-state index contributed by atoms with van der Waals surface area (Å²) in [6, 6.07) is 12.4. The fourth-order valence-electron chi connectivity index (χ4n) is 11.1. The van der Waals surface area contributed by atoms with E-state index in [1.54, 1.807) is 14.2 Å². The second-order valence-electron chi connectivity index (χ2n) is 19.0. The number of benzene rings is 2. The number of piperazine rings is 2. The van der Waals surface area contributed by atoms with Crippen molar-refractivity contribution in [2.24, 2.45) is 11.8 Å². The van der Waals surface area contributed by atoms with E-state index in [9.17, 15) is 14.5 Å². The molecule has 0 N–H and O–H groups in total. The number of methoxy groups -OCH3 is 2. The zero-order chi connectivity index (χ0) is 44.6.